The molecule has 0 aliphatic carbocycles. The number of aromatic nitrogens is 2. The molecule has 2 aromatic carbocycles. The fourth-order valence-corrected chi connectivity index (χ4v) is 4.64. The summed E-state index contributed by atoms with van der Waals surface area (Å²) >= 11 is 0. The number of anilines is 1. The predicted molar refractivity (Wildman–Crippen MR) is 110 cm³/mol. The normalized spacial score (nSPS) is 21.5. The first-order valence-corrected chi connectivity index (χ1v) is 9.91. The van der Waals surface area contributed by atoms with Gasteiger partial charge in [0.15, 0.2) is 0 Å². The molecule has 148 valence electrons. The summed E-state index contributed by atoms with van der Waals surface area (Å²) in [7, 11) is 0. The monoisotopic (exact) mass is 389 g/mol. The van der Waals surface area contributed by atoms with Crippen LogP contribution in [0.3, 0.4) is 0 Å². The molecule has 3 aromatic rings. The average molecular weight is 389 g/mol. The Balaban J connectivity index is 1.21. The third kappa shape index (κ3) is 3.54. The van der Waals surface area contributed by atoms with Gasteiger partial charge in [-0.05, 0) is 34.2 Å². The number of fused-ring (bicyclic) bond motifs is 2. The number of nitrogens with one attached hydrogen (secondary N) is 1. The summed E-state index contributed by atoms with van der Waals surface area (Å²) in [6.07, 6.45) is 2.90. The molecule has 2 fully saturated rings. The summed E-state index contributed by atoms with van der Waals surface area (Å²) in [4.78, 5) is 24.8. The van der Waals surface area contributed by atoms with Gasteiger partial charge in [0.25, 0.3) is 5.91 Å². The molecule has 2 saturated heterocycles. The van der Waals surface area contributed by atoms with Gasteiger partial charge in [-0.25, -0.2) is 15.4 Å². The van der Waals surface area contributed by atoms with Gasteiger partial charge in [0.2, 0.25) is 5.95 Å². The highest BCUT2D eigenvalue weighted by molar-refractivity contribution is 5.92. The molecule has 0 radical (unpaired) electrons. The van der Waals surface area contributed by atoms with E-state index in [2.05, 4.69) is 62.2 Å². The fourth-order valence-electron chi connectivity index (χ4n) is 4.64. The van der Waals surface area contributed by atoms with Crippen LogP contribution in [-0.4, -0.2) is 52.2 Å². The van der Waals surface area contributed by atoms with Gasteiger partial charge < -0.3 is 4.90 Å². The zero-order chi connectivity index (χ0) is 19.8. The topological polar surface area (TPSA) is 81.6 Å². The molecular weight excluding hydrogens is 366 g/mol. The Bertz CT molecular complexity index is 1020. The Kier molecular flexibility index (Phi) is 4.61. The van der Waals surface area contributed by atoms with E-state index in [1.54, 1.807) is 5.48 Å². The van der Waals surface area contributed by atoms with Crippen molar-refractivity contribution in [3.05, 3.63) is 66.0 Å². The predicted octanol–water partition coefficient (Wildman–Crippen LogP) is 2.32. The number of hydrogen-bond donors (Lipinski definition) is 2. The molecular formula is C22H23N5O2. The Morgan fingerprint density at radius 2 is 1.69 bits per heavy atom. The lowest BCUT2D eigenvalue weighted by Crippen LogP contribution is -2.29. The molecule has 7 heteroatoms. The maximum atomic E-state index is 11.4. The molecule has 2 aliphatic heterocycles. The SMILES string of the molecule is O=C(NO)c1cnc(N2CC3CN(Cc4ccc5ccccc5c4)CC3C2)nc1. The minimum atomic E-state index is -0.598. The number of hydrogen-bond acceptors (Lipinski definition) is 6. The van der Waals surface area contributed by atoms with Gasteiger partial charge in [0.1, 0.15) is 0 Å². The number of amides is 1. The van der Waals surface area contributed by atoms with Crippen LogP contribution in [0.2, 0.25) is 0 Å². The highest BCUT2D eigenvalue weighted by Gasteiger charge is 2.40. The molecule has 3 heterocycles. The van der Waals surface area contributed by atoms with E-state index in [0.717, 1.165) is 32.7 Å². The Morgan fingerprint density at radius 1 is 1.00 bits per heavy atom. The Hall–Kier alpha value is -3.03. The molecule has 2 N–H and O–H groups in total. The first-order chi connectivity index (χ1) is 14.2. The van der Waals surface area contributed by atoms with Crippen LogP contribution in [0, 0.1) is 11.8 Å². The van der Waals surface area contributed by atoms with Gasteiger partial charge in [-0.15, -0.1) is 0 Å². The fraction of sp³-hybridized carbons (Fsp3) is 0.318. The van der Waals surface area contributed by atoms with E-state index in [-0.39, 0.29) is 5.56 Å². The number of likely N-dealkylation sites (tertiary alicyclic amines) is 1. The highest BCUT2D eigenvalue weighted by Crippen LogP contribution is 2.33. The van der Waals surface area contributed by atoms with Crippen molar-refractivity contribution in [3.63, 3.8) is 0 Å². The van der Waals surface area contributed by atoms with Crippen LogP contribution >= 0.6 is 0 Å². The Morgan fingerprint density at radius 3 is 2.38 bits per heavy atom. The third-order valence-electron chi connectivity index (χ3n) is 6.07. The number of rotatable bonds is 4. The number of carbonyl (C=O) groups is 1. The molecule has 0 spiro atoms. The van der Waals surface area contributed by atoms with Crippen molar-refractivity contribution in [2.45, 2.75) is 6.54 Å². The lowest BCUT2D eigenvalue weighted by Gasteiger charge is -2.21. The van der Waals surface area contributed by atoms with Crippen LogP contribution in [-0.2, 0) is 6.54 Å². The first-order valence-electron chi connectivity index (χ1n) is 9.91. The summed E-state index contributed by atoms with van der Waals surface area (Å²) in [6, 6.07) is 15.2. The van der Waals surface area contributed by atoms with Gasteiger partial charge in [-0.2, -0.15) is 0 Å². The molecule has 7 nitrogen and oxygen atoms in total. The second kappa shape index (κ2) is 7.42. The summed E-state index contributed by atoms with van der Waals surface area (Å²) in [6.45, 7) is 5.02. The molecule has 0 saturated carbocycles. The largest absolute Gasteiger partial charge is 0.340 e. The standard InChI is InChI=1S/C22H23N5O2/c28-21(25-29)18-8-23-22(24-9-18)27-13-19-11-26(12-20(19)14-27)10-15-5-6-16-3-1-2-4-17(16)7-15/h1-9,19-20,29H,10-14H2,(H,25,28). The van der Waals surface area contributed by atoms with E-state index in [1.165, 1.54) is 28.7 Å². The van der Waals surface area contributed by atoms with Crippen molar-refractivity contribution in [3.8, 4) is 0 Å². The van der Waals surface area contributed by atoms with E-state index < -0.39 is 5.91 Å². The van der Waals surface area contributed by atoms with Crippen molar-refractivity contribution in [1.29, 1.82) is 0 Å². The van der Waals surface area contributed by atoms with Crippen molar-refractivity contribution in [1.82, 2.24) is 20.3 Å². The van der Waals surface area contributed by atoms with Crippen LogP contribution in [0.4, 0.5) is 5.95 Å². The summed E-state index contributed by atoms with van der Waals surface area (Å²) < 4.78 is 0. The maximum Gasteiger partial charge on any atom is 0.277 e. The van der Waals surface area contributed by atoms with Gasteiger partial charge in [-0.1, -0.05) is 36.4 Å². The van der Waals surface area contributed by atoms with E-state index in [9.17, 15) is 4.79 Å². The average Bonchev–Trinajstić information content (AvgIpc) is 3.32. The van der Waals surface area contributed by atoms with Crippen molar-refractivity contribution in [2.75, 3.05) is 31.1 Å². The molecule has 2 atom stereocenters. The molecule has 1 amide bonds. The molecule has 2 unspecified atom stereocenters. The zero-order valence-electron chi connectivity index (χ0n) is 16.0. The lowest BCUT2D eigenvalue weighted by atomic mass is 10.0. The zero-order valence-corrected chi connectivity index (χ0v) is 16.0. The van der Waals surface area contributed by atoms with Crippen molar-refractivity contribution >= 4 is 22.6 Å². The molecule has 0 bridgehead atoms. The van der Waals surface area contributed by atoms with Crippen LogP contribution in [0.5, 0.6) is 0 Å². The number of hydroxylamine groups is 1. The minimum absolute atomic E-state index is 0.247. The third-order valence-corrected chi connectivity index (χ3v) is 6.07. The van der Waals surface area contributed by atoms with Crippen molar-refractivity contribution < 1.29 is 10.0 Å². The quantitative estimate of drug-likeness (QED) is 0.527. The molecule has 2 aliphatic rings. The van der Waals surface area contributed by atoms with Gasteiger partial charge >= 0.3 is 0 Å². The molecule has 1 aromatic heterocycles. The first kappa shape index (κ1) is 18.0. The number of carbonyl (C=O) groups excluding carboxylic acids is 1. The van der Waals surface area contributed by atoms with Gasteiger partial charge in [0.05, 0.1) is 5.56 Å². The second-order valence-corrected chi connectivity index (χ2v) is 8.01. The van der Waals surface area contributed by atoms with Crippen molar-refractivity contribution in [2.24, 2.45) is 11.8 Å². The van der Waals surface area contributed by atoms with E-state index in [4.69, 9.17) is 5.21 Å². The summed E-state index contributed by atoms with van der Waals surface area (Å²) in [5, 5.41) is 11.3. The summed E-state index contributed by atoms with van der Waals surface area (Å²) in [5.41, 5.74) is 3.21. The van der Waals surface area contributed by atoms with E-state index in [1.807, 2.05) is 0 Å². The van der Waals surface area contributed by atoms with Crippen LogP contribution in [0.25, 0.3) is 10.8 Å². The minimum Gasteiger partial charge on any atom is -0.340 e. The smallest absolute Gasteiger partial charge is 0.277 e. The van der Waals surface area contributed by atoms with Gasteiger partial charge in [0, 0.05) is 45.1 Å². The van der Waals surface area contributed by atoms with Crippen LogP contribution in [0.1, 0.15) is 15.9 Å². The van der Waals surface area contributed by atoms with Gasteiger partial charge in [-0.3, -0.25) is 14.9 Å². The second-order valence-electron chi connectivity index (χ2n) is 8.01. The van der Waals surface area contributed by atoms with E-state index in [0.29, 0.717) is 17.8 Å². The number of benzene rings is 2. The van der Waals surface area contributed by atoms with Crippen LogP contribution < -0.4 is 10.4 Å². The molecule has 29 heavy (non-hydrogen) atoms. The molecule has 5 rings (SSSR count). The number of nitrogens with zero attached hydrogens (tertiary/aromatic N) is 4. The summed E-state index contributed by atoms with van der Waals surface area (Å²) in [5.74, 6) is 1.27. The highest BCUT2D eigenvalue weighted by atomic mass is 16.5. The maximum absolute atomic E-state index is 11.4. The Labute approximate surface area is 168 Å². The lowest BCUT2D eigenvalue weighted by molar-refractivity contribution is 0.0705. The van der Waals surface area contributed by atoms with Crippen LogP contribution in [0.15, 0.2) is 54.9 Å². The van der Waals surface area contributed by atoms with E-state index >= 15 is 0 Å².